The maximum atomic E-state index is 5.46. The second kappa shape index (κ2) is 6.10. The van der Waals surface area contributed by atoms with E-state index in [0.29, 0.717) is 17.8 Å². The molecular formula is C19H19N5O2. The topological polar surface area (TPSA) is 81.8 Å². The minimum atomic E-state index is 0.450. The highest BCUT2D eigenvalue weighted by Gasteiger charge is 2.19. The number of benzene rings is 1. The third-order valence-corrected chi connectivity index (χ3v) is 4.90. The molecule has 1 aliphatic rings. The van der Waals surface area contributed by atoms with Gasteiger partial charge in [0.05, 0.1) is 23.1 Å². The van der Waals surface area contributed by atoms with E-state index in [4.69, 9.17) is 9.26 Å². The van der Waals surface area contributed by atoms with Crippen molar-refractivity contribution in [2.24, 2.45) is 0 Å². The van der Waals surface area contributed by atoms with E-state index in [1.165, 1.54) is 0 Å². The van der Waals surface area contributed by atoms with Crippen LogP contribution in [0.4, 0.5) is 0 Å². The Balaban J connectivity index is 1.47. The van der Waals surface area contributed by atoms with E-state index in [-0.39, 0.29) is 0 Å². The molecule has 1 N–H and O–H groups in total. The maximum absolute atomic E-state index is 5.46. The van der Waals surface area contributed by atoms with E-state index in [9.17, 15) is 0 Å². The molecule has 7 nitrogen and oxygen atoms in total. The highest BCUT2D eigenvalue weighted by Crippen LogP contribution is 2.29. The molecular weight excluding hydrogens is 330 g/mol. The van der Waals surface area contributed by atoms with E-state index in [1.807, 2.05) is 37.5 Å². The molecule has 0 bridgehead atoms. The zero-order chi connectivity index (χ0) is 17.5. The number of hydrogen-bond donors (Lipinski definition) is 1. The van der Waals surface area contributed by atoms with Gasteiger partial charge in [0, 0.05) is 30.5 Å². The van der Waals surface area contributed by atoms with Crippen LogP contribution in [0.15, 0.2) is 41.2 Å². The van der Waals surface area contributed by atoms with Crippen molar-refractivity contribution in [3.63, 3.8) is 0 Å². The molecule has 26 heavy (non-hydrogen) atoms. The molecule has 1 fully saturated rings. The van der Waals surface area contributed by atoms with Crippen LogP contribution in [-0.4, -0.2) is 37.9 Å². The van der Waals surface area contributed by atoms with Crippen LogP contribution in [0.5, 0.6) is 0 Å². The lowest BCUT2D eigenvalue weighted by Crippen LogP contribution is -2.18. The van der Waals surface area contributed by atoms with Gasteiger partial charge in [-0.1, -0.05) is 5.16 Å². The summed E-state index contributed by atoms with van der Waals surface area (Å²) in [4.78, 5) is 12.3. The Kier molecular flexibility index (Phi) is 3.60. The number of aromatic nitrogens is 5. The number of nitrogens with one attached hydrogen (secondary N) is 1. The van der Waals surface area contributed by atoms with Gasteiger partial charge in [0.25, 0.3) is 5.89 Å². The first-order valence-corrected chi connectivity index (χ1v) is 8.82. The summed E-state index contributed by atoms with van der Waals surface area (Å²) in [5.41, 5.74) is 4.84. The van der Waals surface area contributed by atoms with Crippen molar-refractivity contribution in [3.8, 4) is 23.0 Å². The van der Waals surface area contributed by atoms with Gasteiger partial charge in [-0.3, -0.25) is 0 Å². The van der Waals surface area contributed by atoms with Crippen LogP contribution in [0.1, 0.15) is 24.6 Å². The Labute approximate surface area is 150 Å². The first-order valence-electron chi connectivity index (χ1n) is 8.82. The standard InChI is InChI=1S/C19H19N5O2/c1-12-2-4-15(21-12)18-22-19(26-23-18)13-3-5-17-16(10-13)20-11-24(17)14-6-8-25-9-7-14/h2-5,10-11,14,21H,6-9H2,1H3. The lowest BCUT2D eigenvalue weighted by atomic mass is 10.1. The summed E-state index contributed by atoms with van der Waals surface area (Å²) in [6.07, 6.45) is 3.97. The highest BCUT2D eigenvalue weighted by atomic mass is 16.5. The van der Waals surface area contributed by atoms with E-state index in [1.54, 1.807) is 0 Å². The Bertz CT molecular complexity index is 1050. The lowest BCUT2D eigenvalue weighted by Gasteiger charge is -2.23. The molecule has 0 atom stereocenters. The van der Waals surface area contributed by atoms with Crippen molar-refractivity contribution in [2.75, 3.05) is 13.2 Å². The Morgan fingerprint density at radius 3 is 2.85 bits per heavy atom. The summed E-state index contributed by atoms with van der Waals surface area (Å²) in [7, 11) is 0. The molecule has 132 valence electrons. The van der Waals surface area contributed by atoms with Crippen molar-refractivity contribution < 1.29 is 9.26 Å². The van der Waals surface area contributed by atoms with Crippen LogP contribution in [0.3, 0.4) is 0 Å². The first kappa shape index (κ1) is 15.3. The fourth-order valence-corrected chi connectivity index (χ4v) is 3.50. The molecule has 0 spiro atoms. The number of fused-ring (bicyclic) bond motifs is 1. The molecule has 4 aromatic rings. The maximum Gasteiger partial charge on any atom is 0.258 e. The molecule has 1 aliphatic heterocycles. The molecule has 5 rings (SSSR count). The third kappa shape index (κ3) is 2.61. The van der Waals surface area contributed by atoms with Crippen LogP contribution in [0.25, 0.3) is 34.0 Å². The number of imidazole rings is 1. The van der Waals surface area contributed by atoms with Gasteiger partial charge in [0.2, 0.25) is 5.82 Å². The van der Waals surface area contributed by atoms with Crippen molar-refractivity contribution in [1.82, 2.24) is 24.7 Å². The van der Waals surface area contributed by atoms with Gasteiger partial charge in [-0.25, -0.2) is 4.98 Å². The number of hydrogen-bond acceptors (Lipinski definition) is 5. The average molecular weight is 349 g/mol. The molecule has 0 aliphatic carbocycles. The molecule has 0 saturated carbocycles. The molecule has 0 amide bonds. The van der Waals surface area contributed by atoms with Crippen LogP contribution in [-0.2, 0) is 4.74 Å². The summed E-state index contributed by atoms with van der Waals surface area (Å²) in [5, 5.41) is 4.08. The molecule has 3 aromatic heterocycles. The average Bonchev–Trinajstić information content (AvgIpc) is 3.41. The van der Waals surface area contributed by atoms with Crippen LogP contribution in [0.2, 0.25) is 0 Å². The Hall–Kier alpha value is -2.93. The normalized spacial score (nSPS) is 15.7. The van der Waals surface area contributed by atoms with Gasteiger partial charge in [0.1, 0.15) is 0 Å². The summed E-state index contributed by atoms with van der Waals surface area (Å²) in [5.74, 6) is 1.05. The van der Waals surface area contributed by atoms with Gasteiger partial charge in [0.15, 0.2) is 0 Å². The number of aryl methyl sites for hydroxylation is 1. The van der Waals surface area contributed by atoms with E-state index < -0.39 is 0 Å². The summed E-state index contributed by atoms with van der Waals surface area (Å²) in [6.45, 7) is 3.62. The molecule has 7 heteroatoms. The number of H-pyrrole nitrogens is 1. The van der Waals surface area contributed by atoms with E-state index in [0.717, 1.165) is 54.0 Å². The fraction of sp³-hybridized carbons (Fsp3) is 0.316. The number of aromatic amines is 1. The Morgan fingerprint density at radius 1 is 1.15 bits per heavy atom. The number of rotatable bonds is 3. The van der Waals surface area contributed by atoms with Crippen molar-refractivity contribution in [1.29, 1.82) is 0 Å². The molecule has 0 radical (unpaired) electrons. The predicted molar refractivity (Wildman–Crippen MR) is 96.6 cm³/mol. The quantitative estimate of drug-likeness (QED) is 0.609. The predicted octanol–water partition coefficient (Wildman–Crippen LogP) is 3.74. The zero-order valence-corrected chi connectivity index (χ0v) is 14.5. The molecule has 0 unspecified atom stereocenters. The van der Waals surface area contributed by atoms with Gasteiger partial charge in [-0.05, 0) is 50.1 Å². The van der Waals surface area contributed by atoms with Gasteiger partial charge in [-0.15, -0.1) is 0 Å². The first-order chi connectivity index (χ1) is 12.8. The summed E-state index contributed by atoms with van der Waals surface area (Å²) >= 11 is 0. The minimum Gasteiger partial charge on any atom is -0.381 e. The van der Waals surface area contributed by atoms with E-state index in [2.05, 4.69) is 30.7 Å². The largest absolute Gasteiger partial charge is 0.381 e. The second-order valence-electron chi connectivity index (χ2n) is 6.68. The Morgan fingerprint density at radius 2 is 2.04 bits per heavy atom. The van der Waals surface area contributed by atoms with Crippen LogP contribution < -0.4 is 0 Å². The van der Waals surface area contributed by atoms with Crippen molar-refractivity contribution in [2.45, 2.75) is 25.8 Å². The summed E-state index contributed by atoms with van der Waals surface area (Å²) < 4.78 is 13.2. The monoisotopic (exact) mass is 349 g/mol. The highest BCUT2D eigenvalue weighted by molar-refractivity contribution is 5.80. The number of nitrogens with zero attached hydrogens (tertiary/aromatic N) is 4. The third-order valence-electron chi connectivity index (χ3n) is 4.90. The van der Waals surface area contributed by atoms with Crippen molar-refractivity contribution in [3.05, 3.63) is 42.4 Å². The number of ether oxygens (including phenoxy) is 1. The second-order valence-corrected chi connectivity index (χ2v) is 6.68. The smallest absolute Gasteiger partial charge is 0.258 e. The van der Waals surface area contributed by atoms with Gasteiger partial charge < -0.3 is 18.8 Å². The molecule has 4 heterocycles. The fourth-order valence-electron chi connectivity index (χ4n) is 3.50. The van der Waals surface area contributed by atoms with Crippen molar-refractivity contribution >= 4 is 11.0 Å². The minimum absolute atomic E-state index is 0.450. The van der Waals surface area contributed by atoms with E-state index >= 15 is 0 Å². The zero-order valence-electron chi connectivity index (χ0n) is 14.5. The van der Waals surface area contributed by atoms with Gasteiger partial charge in [-0.2, -0.15) is 4.98 Å². The molecule has 1 aromatic carbocycles. The molecule has 1 saturated heterocycles. The van der Waals surface area contributed by atoms with Crippen LogP contribution in [0, 0.1) is 6.92 Å². The van der Waals surface area contributed by atoms with Gasteiger partial charge >= 0.3 is 0 Å². The lowest BCUT2D eigenvalue weighted by molar-refractivity contribution is 0.0706. The van der Waals surface area contributed by atoms with Crippen LogP contribution >= 0.6 is 0 Å². The summed E-state index contributed by atoms with van der Waals surface area (Å²) in [6, 6.07) is 10.5. The SMILES string of the molecule is Cc1ccc(-c2noc(-c3ccc4c(c3)ncn4C3CCOCC3)n2)[nH]1.